The Kier molecular flexibility index (Phi) is 8.07. The molecular weight excluding hydrogens is 709 g/mol. The van der Waals surface area contributed by atoms with Crippen LogP contribution in [0.5, 0.6) is 0 Å². The fourth-order valence-electron chi connectivity index (χ4n) is 7.30. The van der Waals surface area contributed by atoms with Crippen LogP contribution in [-0.2, 0) is 6.54 Å². The van der Waals surface area contributed by atoms with Crippen LogP contribution in [0.3, 0.4) is 0 Å². The molecule has 4 aliphatic heterocycles. The van der Waals surface area contributed by atoms with E-state index in [4.69, 9.17) is 0 Å². The zero-order valence-electron chi connectivity index (χ0n) is 26.7. The molecule has 4 aliphatic rings. The summed E-state index contributed by atoms with van der Waals surface area (Å²) in [6.45, 7) is -4.11. The van der Waals surface area contributed by atoms with Gasteiger partial charge in [-0.1, -0.05) is 5.21 Å². The van der Waals surface area contributed by atoms with Gasteiger partial charge in [0.1, 0.15) is 23.3 Å². The maximum atomic E-state index is 15.8. The third kappa shape index (κ3) is 4.99. The van der Waals surface area contributed by atoms with Crippen LogP contribution in [-0.4, -0.2) is 56.3 Å². The predicted octanol–water partition coefficient (Wildman–Crippen LogP) is 6.29. The zero-order valence-corrected chi connectivity index (χ0v) is 26.7. The molecular formula is C33H25BF10N8. The minimum absolute atomic E-state index is 0.107. The molecule has 8 nitrogen and oxygen atoms in total. The molecule has 2 saturated heterocycles. The normalized spacial score (nSPS) is 20.0. The van der Waals surface area contributed by atoms with Gasteiger partial charge in [0.2, 0.25) is 0 Å². The maximum Gasteiger partial charge on any atom is 0.737 e. The lowest BCUT2D eigenvalue weighted by molar-refractivity contribution is -0.356. The van der Waals surface area contributed by atoms with E-state index in [0.717, 1.165) is 30.8 Å². The van der Waals surface area contributed by atoms with Gasteiger partial charge >= 0.3 is 6.97 Å². The van der Waals surface area contributed by atoms with Gasteiger partial charge in [-0.2, -0.15) is 0 Å². The van der Waals surface area contributed by atoms with Crippen molar-refractivity contribution in [3.8, 4) is 5.69 Å². The van der Waals surface area contributed by atoms with E-state index in [9.17, 15) is 0 Å². The molecule has 0 aliphatic carbocycles. The first kappa shape index (κ1) is 33.8. The maximum absolute atomic E-state index is 15.8. The molecule has 19 heteroatoms. The third-order valence-electron chi connectivity index (χ3n) is 9.65. The first-order valence-corrected chi connectivity index (χ1v) is 16.2. The summed E-state index contributed by atoms with van der Waals surface area (Å²) < 4.78 is 156. The lowest BCUT2D eigenvalue weighted by atomic mass is 9.86. The Labute approximate surface area is 287 Å². The molecule has 8 rings (SSSR count). The first-order chi connectivity index (χ1) is 24.9. The van der Waals surface area contributed by atoms with Gasteiger partial charge in [-0.05, 0) is 50.6 Å². The molecule has 2 aromatic heterocycles. The van der Waals surface area contributed by atoms with Crippen molar-refractivity contribution in [3.63, 3.8) is 0 Å². The largest absolute Gasteiger partial charge is 0.737 e. The number of hydrogen-bond donors (Lipinski definition) is 3. The monoisotopic (exact) mass is 734 g/mol. The summed E-state index contributed by atoms with van der Waals surface area (Å²) in [5.74, 6) is -14.5. The summed E-state index contributed by atoms with van der Waals surface area (Å²) >= 11 is 0. The lowest BCUT2D eigenvalue weighted by Gasteiger charge is -2.31. The van der Waals surface area contributed by atoms with Gasteiger partial charge in [0.25, 0.3) is 0 Å². The van der Waals surface area contributed by atoms with Gasteiger partial charge < -0.3 is 33.5 Å². The van der Waals surface area contributed by atoms with E-state index in [1.54, 1.807) is 0 Å². The van der Waals surface area contributed by atoms with E-state index in [1.807, 2.05) is 0 Å². The summed E-state index contributed by atoms with van der Waals surface area (Å²) in [7, 11) is 0. The number of nitrogens with one attached hydrogen (secondary N) is 3. The average Bonchev–Trinajstić information content (AvgIpc) is 3.97. The fourth-order valence-corrected chi connectivity index (χ4v) is 7.30. The Morgan fingerprint density at radius 3 is 2.31 bits per heavy atom. The van der Waals surface area contributed by atoms with E-state index in [1.165, 1.54) is 12.1 Å². The number of rotatable bonds is 7. The molecule has 1 unspecified atom stereocenters. The minimum Gasteiger partial charge on any atom is -0.396 e. The second-order valence-corrected chi connectivity index (χ2v) is 12.6. The van der Waals surface area contributed by atoms with Gasteiger partial charge in [0, 0.05) is 41.7 Å². The fraction of sp³-hybridized carbons (Fsp3) is 0.242. The number of fused-ring (bicyclic) bond motifs is 2. The van der Waals surface area contributed by atoms with E-state index < -0.39 is 106 Å². The molecule has 270 valence electrons. The van der Waals surface area contributed by atoms with Crippen LogP contribution >= 0.6 is 0 Å². The molecule has 2 aromatic carbocycles. The molecule has 0 amide bonds. The number of nitrogens with zero attached hydrogens (tertiary/aromatic N) is 5. The Hall–Kier alpha value is -5.33. The summed E-state index contributed by atoms with van der Waals surface area (Å²) in [6.07, 6.45) is 7.29. The topological polar surface area (TPSA) is 74.7 Å². The van der Waals surface area contributed by atoms with Crippen molar-refractivity contribution in [2.24, 2.45) is 0 Å². The smallest absolute Gasteiger partial charge is 0.396 e. The van der Waals surface area contributed by atoms with Crippen LogP contribution in [0.25, 0.3) is 16.8 Å². The predicted molar refractivity (Wildman–Crippen MR) is 169 cm³/mol. The molecule has 0 bridgehead atoms. The minimum atomic E-state index is -4.48. The first-order valence-electron chi connectivity index (χ1n) is 16.2. The molecule has 2 fully saturated rings. The molecule has 52 heavy (non-hydrogen) atoms. The SMILES string of the molecule is Fc1c(F)c(C(=C2CCCN2)C2CCCN2)c(F)c(F)c1NCc1cn(-c2c(F)c(F)c(C3=C4C=CC=[N+]4[B-](F)(F)n4cccc43)c(F)c2F)nn1. The van der Waals surface area contributed by atoms with Crippen molar-refractivity contribution in [2.75, 3.05) is 18.4 Å². The summed E-state index contributed by atoms with van der Waals surface area (Å²) in [4.78, 5) is 0. The van der Waals surface area contributed by atoms with E-state index in [2.05, 4.69) is 26.3 Å². The van der Waals surface area contributed by atoms with Crippen LogP contribution in [0.4, 0.5) is 49.4 Å². The number of benzene rings is 2. The lowest BCUT2D eigenvalue weighted by Crippen LogP contribution is -2.49. The summed E-state index contributed by atoms with van der Waals surface area (Å²) in [5, 5.41) is 15.4. The number of allylic oxidation sites excluding steroid dienone is 3. The van der Waals surface area contributed by atoms with Crippen LogP contribution < -0.4 is 16.0 Å². The van der Waals surface area contributed by atoms with Crippen molar-refractivity contribution >= 4 is 30.0 Å². The molecule has 6 heterocycles. The second kappa shape index (κ2) is 12.4. The highest BCUT2D eigenvalue weighted by Gasteiger charge is 2.52. The van der Waals surface area contributed by atoms with Crippen LogP contribution in [0.15, 0.2) is 48.1 Å². The highest BCUT2D eigenvalue weighted by Crippen LogP contribution is 2.42. The van der Waals surface area contributed by atoms with E-state index in [0.29, 0.717) is 58.1 Å². The van der Waals surface area contributed by atoms with Crippen molar-refractivity contribution < 1.29 is 48.2 Å². The standard InChI is InChI=1S/C33H25BF10N8/c35-24-22(20(16-5-1-9-45-16)17-6-2-10-46-17)25(36)29(40)32(28(24)39)47-13-15-14-52(49-48-15)33-30(41)26(37)23(27(38)31(33)42)21-18-7-3-11-50(18)34(43,44)51-12-4-8-19(21)51/h3-4,7-8,11-12,14,16,45-47H,1-2,5-6,9-10,13H2. The van der Waals surface area contributed by atoms with Crippen molar-refractivity contribution in [1.82, 2.24) is 30.1 Å². The van der Waals surface area contributed by atoms with Crippen molar-refractivity contribution in [3.05, 3.63) is 117 Å². The van der Waals surface area contributed by atoms with Crippen LogP contribution in [0.2, 0.25) is 0 Å². The molecule has 0 saturated carbocycles. The van der Waals surface area contributed by atoms with Crippen molar-refractivity contribution in [2.45, 2.75) is 38.3 Å². The van der Waals surface area contributed by atoms with Gasteiger partial charge in [-0.15, -0.1) is 5.10 Å². The number of halogens is 10. The van der Waals surface area contributed by atoms with Crippen LogP contribution in [0, 0.1) is 46.5 Å². The van der Waals surface area contributed by atoms with Gasteiger partial charge in [-0.3, -0.25) is 0 Å². The third-order valence-corrected chi connectivity index (χ3v) is 9.65. The summed E-state index contributed by atoms with van der Waals surface area (Å²) in [6, 6.07) is 1.77. The Balaban J connectivity index is 1.11. The highest BCUT2D eigenvalue weighted by molar-refractivity contribution is 6.57. The average molecular weight is 734 g/mol. The van der Waals surface area contributed by atoms with Gasteiger partial charge in [-0.25, -0.2) is 39.8 Å². The molecule has 0 radical (unpaired) electrons. The molecule has 1 atom stereocenters. The van der Waals surface area contributed by atoms with Crippen molar-refractivity contribution in [1.29, 1.82) is 0 Å². The Morgan fingerprint density at radius 1 is 0.923 bits per heavy atom. The Bertz CT molecular complexity index is 2230. The summed E-state index contributed by atoms with van der Waals surface area (Å²) in [5.41, 5.74) is -5.72. The van der Waals surface area contributed by atoms with Crippen LogP contribution in [0.1, 0.15) is 48.2 Å². The molecule has 4 aromatic rings. The highest BCUT2D eigenvalue weighted by atomic mass is 19.2. The zero-order chi connectivity index (χ0) is 36.6. The van der Waals surface area contributed by atoms with E-state index in [-0.39, 0.29) is 11.3 Å². The number of hydrogen-bond acceptors (Lipinski definition) is 5. The number of aromatic nitrogens is 4. The quantitative estimate of drug-likeness (QED) is 0.118. The second-order valence-electron chi connectivity index (χ2n) is 12.6. The van der Waals surface area contributed by atoms with Gasteiger partial charge in [0.15, 0.2) is 52.2 Å². The van der Waals surface area contributed by atoms with Gasteiger partial charge in [0.05, 0.1) is 29.4 Å². The Morgan fingerprint density at radius 2 is 1.65 bits per heavy atom. The molecule has 3 N–H and O–H groups in total. The number of anilines is 1. The molecule has 0 spiro atoms. The van der Waals surface area contributed by atoms with E-state index >= 15 is 43.8 Å².